The van der Waals surface area contributed by atoms with Crippen LogP contribution >= 0.6 is 0 Å². The third-order valence-electron chi connectivity index (χ3n) is 6.13. The van der Waals surface area contributed by atoms with Gasteiger partial charge in [0.15, 0.2) is 0 Å². The van der Waals surface area contributed by atoms with E-state index in [1.807, 2.05) is 24.4 Å². The van der Waals surface area contributed by atoms with Crippen LogP contribution in [0.15, 0.2) is 42.7 Å². The summed E-state index contributed by atoms with van der Waals surface area (Å²) in [5, 5.41) is 3.01. The Hall–Kier alpha value is -2.60. The molecule has 2 aliphatic rings. The molecule has 0 spiro atoms. The molecule has 0 unspecified atom stereocenters. The summed E-state index contributed by atoms with van der Waals surface area (Å²) < 4.78 is 0. The van der Waals surface area contributed by atoms with E-state index in [0.29, 0.717) is 5.56 Å². The van der Waals surface area contributed by atoms with E-state index in [-0.39, 0.29) is 5.91 Å². The second kappa shape index (κ2) is 8.82. The predicted octanol–water partition coefficient (Wildman–Crippen LogP) is 3.32. The van der Waals surface area contributed by atoms with Gasteiger partial charge in [-0.25, -0.2) is 0 Å². The normalized spacial score (nSPS) is 18.7. The molecule has 29 heavy (non-hydrogen) atoms. The van der Waals surface area contributed by atoms with E-state index < -0.39 is 0 Å². The maximum Gasteiger partial charge on any atom is 0.257 e. The molecule has 0 radical (unpaired) electrons. The lowest BCUT2D eigenvalue weighted by Gasteiger charge is -2.33. The van der Waals surface area contributed by atoms with Gasteiger partial charge in [0.2, 0.25) is 0 Å². The van der Waals surface area contributed by atoms with Gasteiger partial charge in [0.05, 0.1) is 17.4 Å². The maximum absolute atomic E-state index is 12.7. The number of hydrogen-bond acceptors (Lipinski definition) is 5. The Bertz CT molecular complexity index is 821. The number of pyridine rings is 1. The van der Waals surface area contributed by atoms with Crippen molar-refractivity contribution in [2.24, 2.45) is 5.92 Å². The van der Waals surface area contributed by atoms with Crippen LogP contribution in [0.4, 0.5) is 17.1 Å². The van der Waals surface area contributed by atoms with Gasteiger partial charge in [0.1, 0.15) is 0 Å². The van der Waals surface area contributed by atoms with Crippen LogP contribution in [0.5, 0.6) is 0 Å². The zero-order valence-corrected chi connectivity index (χ0v) is 17.5. The highest BCUT2D eigenvalue weighted by Crippen LogP contribution is 2.24. The molecule has 6 heteroatoms. The Labute approximate surface area is 173 Å². The number of anilines is 3. The number of amides is 1. The van der Waals surface area contributed by atoms with Crippen molar-refractivity contribution in [1.82, 2.24) is 9.88 Å². The summed E-state index contributed by atoms with van der Waals surface area (Å²) in [6.07, 6.45) is 5.97. The number of rotatable bonds is 4. The molecule has 1 aromatic heterocycles. The van der Waals surface area contributed by atoms with E-state index in [9.17, 15) is 4.79 Å². The highest BCUT2D eigenvalue weighted by atomic mass is 16.1. The summed E-state index contributed by atoms with van der Waals surface area (Å²) in [6, 6.07) is 10.1. The Morgan fingerprint density at radius 1 is 0.931 bits per heavy atom. The van der Waals surface area contributed by atoms with Gasteiger partial charge in [-0.05, 0) is 56.1 Å². The summed E-state index contributed by atoms with van der Waals surface area (Å²) >= 11 is 0. The quantitative estimate of drug-likeness (QED) is 0.864. The first-order valence-corrected chi connectivity index (χ1v) is 10.6. The van der Waals surface area contributed by atoms with Gasteiger partial charge in [-0.15, -0.1) is 0 Å². The molecule has 1 N–H and O–H groups in total. The predicted molar refractivity (Wildman–Crippen MR) is 119 cm³/mol. The highest BCUT2D eigenvalue weighted by Gasteiger charge is 2.17. The van der Waals surface area contributed by atoms with Crippen molar-refractivity contribution in [3.8, 4) is 0 Å². The average Bonchev–Trinajstić information content (AvgIpc) is 2.75. The monoisotopic (exact) mass is 393 g/mol. The molecule has 4 rings (SSSR count). The van der Waals surface area contributed by atoms with E-state index in [2.05, 4.69) is 51.1 Å². The van der Waals surface area contributed by atoms with Crippen molar-refractivity contribution >= 4 is 23.0 Å². The first kappa shape index (κ1) is 19.7. The van der Waals surface area contributed by atoms with Crippen LogP contribution in [-0.4, -0.2) is 62.1 Å². The van der Waals surface area contributed by atoms with Crippen LogP contribution < -0.4 is 15.1 Å². The molecule has 0 bridgehead atoms. The number of nitrogens with zero attached hydrogens (tertiary/aromatic N) is 4. The number of benzene rings is 1. The largest absolute Gasteiger partial charge is 0.372 e. The number of hydrogen-bond donors (Lipinski definition) is 1. The van der Waals surface area contributed by atoms with Crippen LogP contribution in [0.3, 0.4) is 0 Å². The van der Waals surface area contributed by atoms with Crippen molar-refractivity contribution in [1.29, 1.82) is 0 Å². The van der Waals surface area contributed by atoms with Crippen molar-refractivity contribution in [2.45, 2.75) is 19.8 Å². The number of nitrogens with one attached hydrogen (secondary N) is 1. The molecule has 0 atom stereocenters. The number of carbonyl (C=O) groups excluding carboxylic acids is 1. The molecule has 2 aliphatic heterocycles. The minimum Gasteiger partial charge on any atom is -0.372 e. The van der Waals surface area contributed by atoms with Crippen LogP contribution in [0.1, 0.15) is 30.1 Å². The standard InChI is InChI=1S/C23H31N5O/c1-18-7-9-27(10-8-18)21-5-3-20(4-6-21)25-23(29)19-15-22(17-24-16-19)28-13-11-26(2)12-14-28/h3-6,15-18H,7-14H2,1-2H3,(H,25,29). The first-order valence-electron chi connectivity index (χ1n) is 10.6. The Morgan fingerprint density at radius 3 is 2.28 bits per heavy atom. The zero-order chi connectivity index (χ0) is 20.2. The first-order chi connectivity index (χ1) is 14.1. The van der Waals surface area contributed by atoms with Crippen LogP contribution in [0.25, 0.3) is 0 Å². The minimum absolute atomic E-state index is 0.118. The van der Waals surface area contributed by atoms with E-state index in [1.165, 1.54) is 18.5 Å². The SMILES string of the molecule is CC1CCN(c2ccc(NC(=O)c3cncc(N4CCN(C)CC4)c3)cc2)CC1. The molecule has 2 saturated heterocycles. The van der Waals surface area contributed by atoms with E-state index in [1.54, 1.807) is 6.20 Å². The second-order valence-electron chi connectivity index (χ2n) is 8.39. The lowest BCUT2D eigenvalue weighted by molar-refractivity contribution is 0.102. The molecular formula is C23H31N5O. The van der Waals surface area contributed by atoms with Crippen LogP contribution in [-0.2, 0) is 0 Å². The second-order valence-corrected chi connectivity index (χ2v) is 8.39. The van der Waals surface area contributed by atoms with Gasteiger partial charge in [-0.2, -0.15) is 0 Å². The van der Waals surface area contributed by atoms with Crippen LogP contribution in [0, 0.1) is 5.92 Å². The summed E-state index contributed by atoms with van der Waals surface area (Å²) in [4.78, 5) is 24.1. The fourth-order valence-corrected chi connectivity index (χ4v) is 4.02. The Morgan fingerprint density at radius 2 is 1.59 bits per heavy atom. The topological polar surface area (TPSA) is 51.7 Å². The number of aromatic nitrogens is 1. The van der Waals surface area contributed by atoms with Crippen LogP contribution in [0.2, 0.25) is 0 Å². The summed E-state index contributed by atoms with van der Waals surface area (Å²) in [5.74, 6) is 0.702. The van der Waals surface area contributed by atoms with E-state index in [4.69, 9.17) is 0 Å². The van der Waals surface area contributed by atoms with Crippen molar-refractivity contribution in [2.75, 3.05) is 61.4 Å². The molecule has 0 aliphatic carbocycles. The van der Waals surface area contributed by atoms with Gasteiger partial charge in [0, 0.05) is 56.8 Å². The van der Waals surface area contributed by atoms with Crippen molar-refractivity contribution in [3.05, 3.63) is 48.3 Å². The fourth-order valence-electron chi connectivity index (χ4n) is 4.02. The van der Waals surface area contributed by atoms with Gasteiger partial charge >= 0.3 is 0 Å². The third kappa shape index (κ3) is 4.88. The smallest absolute Gasteiger partial charge is 0.257 e. The van der Waals surface area contributed by atoms with E-state index in [0.717, 1.165) is 56.6 Å². The maximum atomic E-state index is 12.7. The molecule has 154 valence electrons. The van der Waals surface area contributed by atoms with Gasteiger partial charge in [-0.1, -0.05) is 6.92 Å². The molecule has 6 nitrogen and oxygen atoms in total. The lowest BCUT2D eigenvalue weighted by Crippen LogP contribution is -2.44. The molecule has 1 aromatic carbocycles. The molecular weight excluding hydrogens is 362 g/mol. The minimum atomic E-state index is -0.118. The van der Waals surface area contributed by atoms with E-state index >= 15 is 0 Å². The Balaban J connectivity index is 1.38. The zero-order valence-electron chi connectivity index (χ0n) is 17.5. The van der Waals surface area contributed by atoms with Gasteiger partial charge < -0.3 is 20.0 Å². The number of piperidine rings is 1. The molecule has 2 fully saturated rings. The molecule has 0 saturated carbocycles. The molecule has 1 amide bonds. The van der Waals surface area contributed by atoms with Crippen molar-refractivity contribution < 1.29 is 4.79 Å². The third-order valence-corrected chi connectivity index (χ3v) is 6.13. The summed E-state index contributed by atoms with van der Waals surface area (Å²) in [5.41, 5.74) is 3.65. The lowest BCUT2D eigenvalue weighted by atomic mass is 9.99. The number of carbonyl (C=O) groups is 1. The van der Waals surface area contributed by atoms with Gasteiger partial charge in [-0.3, -0.25) is 9.78 Å². The average molecular weight is 394 g/mol. The number of piperazine rings is 1. The molecule has 3 heterocycles. The fraction of sp³-hybridized carbons (Fsp3) is 0.478. The van der Waals surface area contributed by atoms with Crippen molar-refractivity contribution in [3.63, 3.8) is 0 Å². The number of likely N-dealkylation sites (N-methyl/N-ethyl adjacent to an activating group) is 1. The summed E-state index contributed by atoms with van der Waals surface area (Å²) in [6.45, 7) is 8.51. The van der Waals surface area contributed by atoms with Gasteiger partial charge in [0.25, 0.3) is 5.91 Å². The Kier molecular flexibility index (Phi) is 6.00. The summed E-state index contributed by atoms with van der Waals surface area (Å²) in [7, 11) is 2.14. The molecule has 2 aromatic rings. The highest BCUT2D eigenvalue weighted by molar-refractivity contribution is 6.04.